The molecule has 0 saturated heterocycles. The first kappa shape index (κ1) is 22.7. The Morgan fingerprint density at radius 1 is 1.11 bits per heavy atom. The average Bonchev–Trinajstić information content (AvgIpc) is 3.48. The van der Waals surface area contributed by atoms with E-state index in [9.17, 15) is 0 Å². The molecule has 0 spiro atoms. The van der Waals surface area contributed by atoms with Gasteiger partial charge in [0, 0.05) is 37.3 Å². The number of methoxy groups -OCH3 is 1. The molecule has 0 fully saturated rings. The van der Waals surface area contributed by atoms with Crippen molar-refractivity contribution in [3.8, 4) is 11.4 Å². The Kier molecular flexibility index (Phi) is 6.24. The highest BCUT2D eigenvalue weighted by Gasteiger charge is 2.34. The van der Waals surface area contributed by atoms with Crippen LogP contribution < -0.4 is 15.4 Å². The maximum absolute atomic E-state index is 5.98. The summed E-state index contributed by atoms with van der Waals surface area (Å²) in [5, 5.41) is 11.2. The Hall–Kier alpha value is -4.11. The van der Waals surface area contributed by atoms with Gasteiger partial charge in [-0.15, -0.1) is 0 Å². The van der Waals surface area contributed by atoms with Crippen LogP contribution in [-0.4, -0.2) is 46.5 Å². The minimum atomic E-state index is 0.0404. The highest BCUT2D eigenvalue weighted by atomic mass is 35.5. The molecule has 1 aliphatic carbocycles. The Labute approximate surface area is 207 Å². The van der Waals surface area contributed by atoms with E-state index in [0.29, 0.717) is 29.1 Å². The number of halogens is 1. The van der Waals surface area contributed by atoms with Crippen LogP contribution in [0.4, 0.5) is 17.5 Å². The monoisotopic (exact) mass is 489 g/mol. The summed E-state index contributed by atoms with van der Waals surface area (Å²) in [6, 6.07) is 16.0. The summed E-state index contributed by atoms with van der Waals surface area (Å²) < 4.78 is 7.41. The Morgan fingerprint density at radius 2 is 1.94 bits per heavy atom. The average molecular weight is 490 g/mol. The van der Waals surface area contributed by atoms with E-state index in [2.05, 4.69) is 32.9 Å². The van der Waals surface area contributed by atoms with Crippen molar-refractivity contribution in [2.24, 2.45) is 5.16 Å². The molecule has 178 valence electrons. The summed E-state index contributed by atoms with van der Waals surface area (Å²) in [5.74, 6) is 1.84. The standard InChI is InChI=1S/C25H24ClN7O2/c1-27-24-22-18(32-35-3)12-17(15-7-5-4-6-8-15)23(22)30-25(31-24)29-16-9-10-19(20(11-16)34-2)33-13-21(26)28-14-33/h4-11,13-14,17H,12H2,1-3H3,(H2,27,29,30,31). The topological polar surface area (TPSA) is 98.5 Å². The molecule has 1 aliphatic rings. The van der Waals surface area contributed by atoms with Crippen LogP contribution in [0, 0.1) is 0 Å². The molecule has 10 heteroatoms. The number of rotatable bonds is 7. The number of benzene rings is 2. The van der Waals surface area contributed by atoms with E-state index in [1.54, 1.807) is 31.3 Å². The van der Waals surface area contributed by atoms with E-state index < -0.39 is 0 Å². The zero-order valence-corrected chi connectivity index (χ0v) is 20.2. The van der Waals surface area contributed by atoms with Crippen molar-refractivity contribution >= 4 is 34.8 Å². The van der Waals surface area contributed by atoms with Gasteiger partial charge in [0.15, 0.2) is 0 Å². The van der Waals surface area contributed by atoms with Gasteiger partial charge in [-0.1, -0.05) is 47.1 Å². The summed E-state index contributed by atoms with van der Waals surface area (Å²) in [6.45, 7) is 0. The molecule has 2 N–H and O–H groups in total. The van der Waals surface area contributed by atoms with Crippen LogP contribution in [0.5, 0.6) is 5.75 Å². The molecule has 0 aliphatic heterocycles. The lowest BCUT2D eigenvalue weighted by atomic mass is 9.97. The zero-order chi connectivity index (χ0) is 24.4. The van der Waals surface area contributed by atoms with Gasteiger partial charge in [-0.05, 0) is 17.7 Å². The fourth-order valence-corrected chi connectivity index (χ4v) is 4.47. The van der Waals surface area contributed by atoms with Crippen molar-refractivity contribution in [1.29, 1.82) is 0 Å². The fraction of sp³-hybridized carbons (Fsp3) is 0.200. The van der Waals surface area contributed by atoms with Crippen molar-refractivity contribution in [3.63, 3.8) is 0 Å². The summed E-state index contributed by atoms with van der Waals surface area (Å²) in [4.78, 5) is 18.8. The van der Waals surface area contributed by atoms with Gasteiger partial charge < -0.3 is 24.8 Å². The highest BCUT2D eigenvalue weighted by Crippen LogP contribution is 2.41. The second kappa shape index (κ2) is 9.63. The van der Waals surface area contributed by atoms with Crippen molar-refractivity contribution in [1.82, 2.24) is 19.5 Å². The van der Waals surface area contributed by atoms with Crippen LogP contribution >= 0.6 is 11.6 Å². The third kappa shape index (κ3) is 4.38. The van der Waals surface area contributed by atoms with E-state index in [1.165, 1.54) is 0 Å². The number of oxime groups is 1. The predicted molar refractivity (Wildman–Crippen MR) is 136 cm³/mol. The molecule has 2 aromatic carbocycles. The van der Waals surface area contributed by atoms with Crippen molar-refractivity contribution in [2.75, 3.05) is 31.9 Å². The number of nitrogens with one attached hydrogen (secondary N) is 2. The molecule has 0 bridgehead atoms. The van der Waals surface area contributed by atoms with Gasteiger partial charge >= 0.3 is 0 Å². The SMILES string of the molecule is CNc1nc(Nc2ccc(-n3cnc(Cl)c3)c(OC)c2)nc2c1C(=NOC)CC2c1ccccc1. The van der Waals surface area contributed by atoms with Crippen LogP contribution in [0.25, 0.3) is 5.69 Å². The smallest absolute Gasteiger partial charge is 0.229 e. The zero-order valence-electron chi connectivity index (χ0n) is 19.5. The molecule has 4 aromatic rings. The lowest BCUT2D eigenvalue weighted by molar-refractivity contribution is 0.213. The van der Waals surface area contributed by atoms with E-state index in [1.807, 2.05) is 43.4 Å². The van der Waals surface area contributed by atoms with E-state index in [-0.39, 0.29) is 5.92 Å². The number of ether oxygens (including phenoxy) is 1. The summed E-state index contributed by atoms with van der Waals surface area (Å²) in [7, 11) is 5.00. The second-order valence-corrected chi connectivity index (χ2v) is 8.30. The van der Waals surface area contributed by atoms with Gasteiger partial charge in [0.05, 0.1) is 29.8 Å². The first-order valence-electron chi connectivity index (χ1n) is 11.0. The molecule has 5 rings (SSSR count). The fourth-order valence-electron chi connectivity index (χ4n) is 4.33. The quantitative estimate of drug-likeness (QED) is 0.352. The van der Waals surface area contributed by atoms with Gasteiger partial charge in [0.25, 0.3) is 0 Å². The number of hydrogen-bond acceptors (Lipinski definition) is 8. The highest BCUT2D eigenvalue weighted by molar-refractivity contribution is 6.29. The maximum atomic E-state index is 5.98. The van der Waals surface area contributed by atoms with Gasteiger partial charge in [0.1, 0.15) is 30.2 Å². The summed E-state index contributed by atoms with van der Waals surface area (Å²) in [5.41, 5.74) is 5.33. The van der Waals surface area contributed by atoms with Crippen LogP contribution in [0.3, 0.4) is 0 Å². The largest absolute Gasteiger partial charge is 0.494 e. The predicted octanol–water partition coefficient (Wildman–Crippen LogP) is 5.00. The molecule has 9 nitrogen and oxygen atoms in total. The minimum Gasteiger partial charge on any atom is -0.494 e. The lowest BCUT2D eigenvalue weighted by Crippen LogP contribution is -2.09. The van der Waals surface area contributed by atoms with Crippen LogP contribution in [0.15, 0.2) is 66.2 Å². The molecular formula is C25H24ClN7O2. The number of imidazole rings is 1. The van der Waals surface area contributed by atoms with Crippen LogP contribution in [0.2, 0.25) is 5.15 Å². The van der Waals surface area contributed by atoms with Gasteiger partial charge in [-0.2, -0.15) is 4.98 Å². The molecular weight excluding hydrogens is 466 g/mol. The first-order chi connectivity index (χ1) is 17.1. The molecule has 2 heterocycles. The number of fused-ring (bicyclic) bond motifs is 1. The third-order valence-corrected chi connectivity index (χ3v) is 6.05. The van der Waals surface area contributed by atoms with E-state index in [0.717, 1.165) is 33.9 Å². The first-order valence-corrected chi connectivity index (χ1v) is 11.4. The lowest BCUT2D eigenvalue weighted by Gasteiger charge is -2.15. The minimum absolute atomic E-state index is 0.0404. The summed E-state index contributed by atoms with van der Waals surface area (Å²) in [6.07, 6.45) is 4.03. The Bertz CT molecular complexity index is 1390. The number of nitrogens with zero attached hydrogens (tertiary/aromatic N) is 5. The van der Waals surface area contributed by atoms with E-state index in [4.69, 9.17) is 31.1 Å². The maximum Gasteiger partial charge on any atom is 0.229 e. The van der Waals surface area contributed by atoms with Crippen LogP contribution in [-0.2, 0) is 4.84 Å². The molecule has 1 unspecified atom stereocenters. The van der Waals surface area contributed by atoms with Gasteiger partial charge in [-0.25, -0.2) is 9.97 Å². The molecule has 0 amide bonds. The van der Waals surface area contributed by atoms with Gasteiger partial charge in [-0.3, -0.25) is 0 Å². The normalized spacial score (nSPS) is 15.7. The summed E-state index contributed by atoms with van der Waals surface area (Å²) >= 11 is 5.98. The number of hydrogen-bond donors (Lipinski definition) is 2. The van der Waals surface area contributed by atoms with Crippen molar-refractivity contribution in [3.05, 3.63) is 83.0 Å². The van der Waals surface area contributed by atoms with Crippen molar-refractivity contribution in [2.45, 2.75) is 12.3 Å². The van der Waals surface area contributed by atoms with Crippen molar-refractivity contribution < 1.29 is 9.57 Å². The van der Waals surface area contributed by atoms with Crippen LogP contribution in [0.1, 0.15) is 29.2 Å². The number of anilines is 3. The molecule has 1 atom stereocenters. The molecule has 35 heavy (non-hydrogen) atoms. The number of aromatic nitrogens is 4. The van der Waals surface area contributed by atoms with Gasteiger partial charge in [0.2, 0.25) is 5.95 Å². The molecule has 0 saturated carbocycles. The Morgan fingerprint density at radius 3 is 2.63 bits per heavy atom. The molecule has 2 aromatic heterocycles. The Balaban J connectivity index is 1.54. The second-order valence-electron chi connectivity index (χ2n) is 7.91. The van der Waals surface area contributed by atoms with E-state index >= 15 is 0 Å². The molecule has 0 radical (unpaired) electrons. The third-order valence-electron chi connectivity index (χ3n) is 5.86.